The van der Waals surface area contributed by atoms with E-state index in [2.05, 4.69) is 48.3 Å². The minimum absolute atomic E-state index is 0.629. The molecule has 1 heterocycles. The van der Waals surface area contributed by atoms with Crippen molar-refractivity contribution in [3.05, 3.63) is 24.3 Å². The predicted molar refractivity (Wildman–Crippen MR) is 92.1 cm³/mol. The fourth-order valence-electron chi connectivity index (χ4n) is 4.15. The molecule has 0 aromatic heterocycles. The number of para-hydroxylation sites is 2. The van der Waals surface area contributed by atoms with Crippen LogP contribution in [-0.4, -0.2) is 19.1 Å². The highest BCUT2D eigenvalue weighted by Crippen LogP contribution is 2.35. The molecule has 2 atom stereocenters. The van der Waals surface area contributed by atoms with E-state index >= 15 is 0 Å². The summed E-state index contributed by atoms with van der Waals surface area (Å²) in [5.74, 6) is 1.56. The van der Waals surface area contributed by atoms with Gasteiger partial charge in [-0.3, -0.25) is 0 Å². The van der Waals surface area contributed by atoms with E-state index in [1.807, 2.05) is 0 Å². The van der Waals surface area contributed by atoms with Gasteiger partial charge in [-0.15, -0.1) is 0 Å². The number of rotatable bonds is 3. The molecule has 0 radical (unpaired) electrons. The molecule has 0 amide bonds. The SMILES string of the molecule is CC1CCCC(C)C1Nc1ccccc1N1CCCCC1. The Balaban J connectivity index is 1.78. The van der Waals surface area contributed by atoms with Crippen LogP contribution in [0, 0.1) is 11.8 Å². The summed E-state index contributed by atoms with van der Waals surface area (Å²) < 4.78 is 0. The standard InChI is InChI=1S/C19H30N2/c1-15-9-8-10-16(2)19(15)20-17-11-4-5-12-18(17)21-13-6-3-7-14-21/h4-5,11-12,15-16,19-20H,3,6-10,13-14H2,1-2H3. The van der Waals surface area contributed by atoms with Gasteiger partial charge in [0.15, 0.2) is 0 Å². The van der Waals surface area contributed by atoms with Crippen molar-refractivity contribution in [2.45, 2.75) is 58.4 Å². The molecule has 0 bridgehead atoms. The summed E-state index contributed by atoms with van der Waals surface area (Å²) in [6.07, 6.45) is 8.20. The van der Waals surface area contributed by atoms with E-state index < -0.39 is 0 Å². The first-order chi connectivity index (χ1) is 10.3. The minimum atomic E-state index is 0.629. The molecule has 1 aliphatic heterocycles. The molecule has 116 valence electrons. The molecule has 21 heavy (non-hydrogen) atoms. The van der Waals surface area contributed by atoms with E-state index in [0.29, 0.717) is 6.04 Å². The van der Waals surface area contributed by atoms with Crippen molar-refractivity contribution in [3.8, 4) is 0 Å². The normalized spacial score (nSPS) is 30.2. The zero-order chi connectivity index (χ0) is 14.7. The van der Waals surface area contributed by atoms with E-state index in [-0.39, 0.29) is 0 Å². The maximum atomic E-state index is 3.90. The first-order valence-corrected chi connectivity index (χ1v) is 8.86. The average Bonchev–Trinajstić information content (AvgIpc) is 2.52. The van der Waals surface area contributed by atoms with Gasteiger partial charge in [-0.25, -0.2) is 0 Å². The molecule has 0 spiro atoms. The Bertz CT molecular complexity index is 441. The predicted octanol–water partition coefficient (Wildman–Crippen LogP) is 4.91. The van der Waals surface area contributed by atoms with Gasteiger partial charge in [0, 0.05) is 19.1 Å². The minimum Gasteiger partial charge on any atom is -0.380 e. The first kappa shape index (κ1) is 14.7. The second-order valence-corrected chi connectivity index (χ2v) is 7.12. The topological polar surface area (TPSA) is 15.3 Å². The Hall–Kier alpha value is -1.18. The molecule has 2 fully saturated rings. The highest BCUT2D eigenvalue weighted by molar-refractivity contribution is 5.70. The molecule has 1 aromatic rings. The smallest absolute Gasteiger partial charge is 0.0602 e. The Morgan fingerprint density at radius 3 is 2.29 bits per heavy atom. The number of anilines is 2. The van der Waals surface area contributed by atoms with E-state index in [1.165, 1.54) is 63.0 Å². The number of benzene rings is 1. The number of hydrogen-bond donors (Lipinski definition) is 1. The van der Waals surface area contributed by atoms with Gasteiger partial charge < -0.3 is 10.2 Å². The van der Waals surface area contributed by atoms with Gasteiger partial charge in [-0.2, -0.15) is 0 Å². The summed E-state index contributed by atoms with van der Waals surface area (Å²) in [4.78, 5) is 2.57. The lowest BCUT2D eigenvalue weighted by Gasteiger charge is -2.38. The summed E-state index contributed by atoms with van der Waals surface area (Å²) in [7, 11) is 0. The molecule has 1 saturated heterocycles. The van der Waals surface area contributed by atoms with Gasteiger partial charge in [0.05, 0.1) is 11.4 Å². The van der Waals surface area contributed by atoms with Crippen LogP contribution in [0.3, 0.4) is 0 Å². The lowest BCUT2D eigenvalue weighted by molar-refractivity contribution is 0.268. The zero-order valence-electron chi connectivity index (χ0n) is 13.6. The quantitative estimate of drug-likeness (QED) is 0.849. The molecule has 1 N–H and O–H groups in total. The number of nitrogens with one attached hydrogen (secondary N) is 1. The Morgan fingerprint density at radius 2 is 1.57 bits per heavy atom. The molecule has 2 aliphatic rings. The maximum Gasteiger partial charge on any atom is 0.0602 e. The van der Waals surface area contributed by atoms with Crippen LogP contribution >= 0.6 is 0 Å². The summed E-state index contributed by atoms with van der Waals surface area (Å²) in [6, 6.07) is 9.56. The zero-order valence-corrected chi connectivity index (χ0v) is 13.6. The lowest BCUT2D eigenvalue weighted by Crippen LogP contribution is -2.38. The second-order valence-electron chi connectivity index (χ2n) is 7.12. The van der Waals surface area contributed by atoms with Crippen LogP contribution in [0.25, 0.3) is 0 Å². The maximum absolute atomic E-state index is 3.90. The first-order valence-electron chi connectivity index (χ1n) is 8.86. The molecular formula is C19H30N2. The third kappa shape index (κ3) is 3.36. The number of piperidine rings is 1. The third-order valence-corrected chi connectivity index (χ3v) is 5.47. The number of hydrogen-bond acceptors (Lipinski definition) is 2. The third-order valence-electron chi connectivity index (χ3n) is 5.47. The van der Waals surface area contributed by atoms with Crippen LogP contribution < -0.4 is 10.2 Å². The average molecular weight is 286 g/mol. The summed E-state index contributed by atoms with van der Waals surface area (Å²) in [5.41, 5.74) is 2.77. The summed E-state index contributed by atoms with van der Waals surface area (Å²) >= 11 is 0. The van der Waals surface area contributed by atoms with Gasteiger partial charge in [0.25, 0.3) is 0 Å². The number of nitrogens with zero attached hydrogens (tertiary/aromatic N) is 1. The van der Waals surface area contributed by atoms with Crippen molar-refractivity contribution in [2.24, 2.45) is 11.8 Å². The van der Waals surface area contributed by atoms with Crippen molar-refractivity contribution in [1.82, 2.24) is 0 Å². The highest BCUT2D eigenvalue weighted by atomic mass is 15.2. The molecule has 2 nitrogen and oxygen atoms in total. The Morgan fingerprint density at radius 1 is 0.905 bits per heavy atom. The van der Waals surface area contributed by atoms with Crippen molar-refractivity contribution in [2.75, 3.05) is 23.3 Å². The second kappa shape index (κ2) is 6.72. The van der Waals surface area contributed by atoms with E-state index in [9.17, 15) is 0 Å². The fraction of sp³-hybridized carbons (Fsp3) is 0.684. The van der Waals surface area contributed by atoms with Crippen LogP contribution in [0.2, 0.25) is 0 Å². The lowest BCUT2D eigenvalue weighted by atomic mass is 9.78. The Labute approximate surface area is 129 Å². The van der Waals surface area contributed by atoms with Crippen LogP contribution in [-0.2, 0) is 0 Å². The molecule has 1 saturated carbocycles. The van der Waals surface area contributed by atoms with Crippen molar-refractivity contribution >= 4 is 11.4 Å². The van der Waals surface area contributed by atoms with Gasteiger partial charge in [-0.05, 0) is 56.1 Å². The van der Waals surface area contributed by atoms with Crippen molar-refractivity contribution in [1.29, 1.82) is 0 Å². The van der Waals surface area contributed by atoms with E-state index in [4.69, 9.17) is 0 Å². The van der Waals surface area contributed by atoms with Crippen molar-refractivity contribution < 1.29 is 0 Å². The molecule has 1 aromatic carbocycles. The molecule has 3 rings (SSSR count). The monoisotopic (exact) mass is 286 g/mol. The van der Waals surface area contributed by atoms with Crippen LogP contribution in [0.1, 0.15) is 52.4 Å². The Kier molecular flexibility index (Phi) is 4.72. The molecule has 1 aliphatic carbocycles. The van der Waals surface area contributed by atoms with Gasteiger partial charge in [0.2, 0.25) is 0 Å². The highest BCUT2D eigenvalue weighted by Gasteiger charge is 2.28. The van der Waals surface area contributed by atoms with E-state index in [1.54, 1.807) is 0 Å². The summed E-state index contributed by atoms with van der Waals surface area (Å²) in [5, 5.41) is 3.90. The molecular weight excluding hydrogens is 256 g/mol. The van der Waals surface area contributed by atoms with Crippen molar-refractivity contribution in [3.63, 3.8) is 0 Å². The van der Waals surface area contributed by atoms with Crippen LogP contribution in [0.15, 0.2) is 24.3 Å². The fourth-order valence-corrected chi connectivity index (χ4v) is 4.15. The molecule has 2 heteroatoms. The summed E-state index contributed by atoms with van der Waals surface area (Å²) in [6.45, 7) is 7.26. The van der Waals surface area contributed by atoms with Crippen LogP contribution in [0.5, 0.6) is 0 Å². The molecule has 2 unspecified atom stereocenters. The largest absolute Gasteiger partial charge is 0.380 e. The van der Waals surface area contributed by atoms with Gasteiger partial charge >= 0.3 is 0 Å². The van der Waals surface area contributed by atoms with E-state index in [0.717, 1.165) is 11.8 Å². The van der Waals surface area contributed by atoms with Gasteiger partial charge in [0.1, 0.15) is 0 Å². The van der Waals surface area contributed by atoms with Gasteiger partial charge in [-0.1, -0.05) is 32.4 Å². The van der Waals surface area contributed by atoms with Crippen LogP contribution in [0.4, 0.5) is 11.4 Å².